The van der Waals surface area contributed by atoms with Gasteiger partial charge in [0.25, 0.3) is 0 Å². The Bertz CT molecular complexity index is 936. The topological polar surface area (TPSA) is 58.6 Å². The highest BCUT2D eigenvalue weighted by molar-refractivity contribution is 5.98. The van der Waals surface area contributed by atoms with Gasteiger partial charge in [-0.15, -0.1) is 0 Å². The van der Waals surface area contributed by atoms with Crippen LogP contribution in [0.15, 0.2) is 36.4 Å². The van der Waals surface area contributed by atoms with Crippen molar-refractivity contribution < 1.29 is 27.5 Å². The number of urea groups is 1. The first kappa shape index (κ1) is 22.7. The first-order valence-electron chi connectivity index (χ1n) is 10.2. The van der Waals surface area contributed by atoms with Crippen molar-refractivity contribution in [3.05, 3.63) is 65.0 Å². The number of ketones is 1. The minimum Gasteiger partial charge on any atom is -0.497 e. The normalized spacial score (nSPS) is 15.5. The molecule has 2 aromatic rings. The molecule has 3 rings (SSSR count). The zero-order chi connectivity index (χ0) is 22.5. The van der Waals surface area contributed by atoms with E-state index in [4.69, 9.17) is 4.74 Å². The molecule has 2 amide bonds. The molecule has 1 aliphatic heterocycles. The zero-order valence-corrected chi connectivity index (χ0v) is 17.5. The third-order valence-electron chi connectivity index (χ3n) is 5.45. The number of rotatable bonds is 6. The fraction of sp³-hybridized carbons (Fsp3) is 0.391. The molecular weight excluding hydrogens is 409 g/mol. The van der Waals surface area contributed by atoms with Gasteiger partial charge in [-0.05, 0) is 43.9 Å². The van der Waals surface area contributed by atoms with Crippen LogP contribution in [0.1, 0.15) is 35.7 Å². The maximum atomic E-state index is 13.9. The van der Waals surface area contributed by atoms with Gasteiger partial charge in [0.1, 0.15) is 23.2 Å². The Balaban J connectivity index is 1.53. The number of likely N-dealkylation sites (tertiary alicyclic amines) is 1. The lowest BCUT2D eigenvalue weighted by Gasteiger charge is -2.32. The van der Waals surface area contributed by atoms with Crippen molar-refractivity contribution in [2.75, 3.05) is 20.2 Å². The quantitative estimate of drug-likeness (QED) is 0.688. The minimum absolute atomic E-state index is 0.124. The molecule has 1 unspecified atom stereocenters. The van der Waals surface area contributed by atoms with E-state index in [1.807, 2.05) is 31.2 Å². The number of piperidine rings is 1. The summed E-state index contributed by atoms with van der Waals surface area (Å²) < 4.78 is 46.1. The molecule has 5 nitrogen and oxygen atoms in total. The average Bonchev–Trinajstić information content (AvgIpc) is 2.73. The Morgan fingerprint density at radius 3 is 2.39 bits per heavy atom. The fourth-order valence-electron chi connectivity index (χ4n) is 3.83. The summed E-state index contributed by atoms with van der Waals surface area (Å²) >= 11 is 0. The van der Waals surface area contributed by atoms with Gasteiger partial charge in [-0.3, -0.25) is 4.79 Å². The maximum absolute atomic E-state index is 13.9. The van der Waals surface area contributed by atoms with Gasteiger partial charge in [-0.2, -0.15) is 0 Å². The number of carbonyl (C=O) groups excluding carboxylic acids is 2. The number of carbonyl (C=O) groups is 2. The lowest BCUT2D eigenvalue weighted by molar-refractivity contribution is 0.0844. The maximum Gasteiger partial charge on any atom is 0.317 e. The van der Waals surface area contributed by atoms with Crippen LogP contribution in [-0.2, 0) is 6.42 Å². The number of halogens is 3. The average molecular weight is 434 g/mol. The van der Waals surface area contributed by atoms with Crippen LogP contribution in [0.4, 0.5) is 18.0 Å². The highest BCUT2D eigenvalue weighted by Gasteiger charge is 2.31. The van der Waals surface area contributed by atoms with Crippen molar-refractivity contribution in [2.45, 2.75) is 32.2 Å². The molecule has 0 aromatic heterocycles. The van der Waals surface area contributed by atoms with Crippen LogP contribution in [0, 0.1) is 23.4 Å². The summed E-state index contributed by atoms with van der Waals surface area (Å²) in [5, 5.41) is 2.94. The van der Waals surface area contributed by atoms with E-state index in [0.29, 0.717) is 31.6 Å². The number of methoxy groups -OCH3 is 1. The van der Waals surface area contributed by atoms with E-state index in [1.54, 1.807) is 12.0 Å². The first-order chi connectivity index (χ1) is 14.8. The Hall–Kier alpha value is -3.03. The molecule has 1 atom stereocenters. The molecule has 8 heteroatoms. The van der Waals surface area contributed by atoms with Gasteiger partial charge in [-0.1, -0.05) is 12.1 Å². The van der Waals surface area contributed by atoms with Gasteiger partial charge in [0.05, 0.1) is 12.7 Å². The number of nitrogens with one attached hydrogen (secondary N) is 1. The van der Waals surface area contributed by atoms with Gasteiger partial charge in [-0.25, -0.2) is 18.0 Å². The minimum atomic E-state index is -1.20. The first-order valence-corrected chi connectivity index (χ1v) is 10.2. The molecule has 0 spiro atoms. The van der Waals surface area contributed by atoms with E-state index in [9.17, 15) is 22.8 Å². The van der Waals surface area contributed by atoms with Crippen molar-refractivity contribution in [2.24, 2.45) is 5.92 Å². The molecule has 166 valence electrons. The summed E-state index contributed by atoms with van der Waals surface area (Å²) in [5.74, 6) is -4.03. The molecule has 0 aliphatic carbocycles. The van der Waals surface area contributed by atoms with Gasteiger partial charge in [0.15, 0.2) is 5.78 Å². The van der Waals surface area contributed by atoms with Crippen LogP contribution >= 0.6 is 0 Å². The van der Waals surface area contributed by atoms with E-state index in [0.717, 1.165) is 11.3 Å². The van der Waals surface area contributed by atoms with Crippen LogP contribution < -0.4 is 10.1 Å². The van der Waals surface area contributed by atoms with Gasteiger partial charge < -0.3 is 15.0 Å². The number of benzene rings is 2. The second-order valence-electron chi connectivity index (χ2n) is 7.78. The predicted molar refractivity (Wildman–Crippen MR) is 110 cm³/mol. The summed E-state index contributed by atoms with van der Waals surface area (Å²) in [7, 11) is 1.59. The second-order valence-corrected chi connectivity index (χ2v) is 7.78. The summed E-state index contributed by atoms with van der Waals surface area (Å²) in [6, 6.07) is 8.23. The van der Waals surface area contributed by atoms with Crippen molar-refractivity contribution in [3.8, 4) is 5.75 Å². The molecule has 0 saturated carbocycles. The SMILES string of the molecule is COc1cccc(CC(C)NC(=O)N2CCC(C(=O)c3c(F)cc(F)cc3F)CC2)c1. The molecule has 1 N–H and O–H groups in total. The monoisotopic (exact) mass is 434 g/mol. The van der Waals surface area contributed by atoms with Crippen LogP contribution in [0.5, 0.6) is 5.75 Å². The Morgan fingerprint density at radius 1 is 1.13 bits per heavy atom. The predicted octanol–water partition coefficient (Wildman–Crippen LogP) is 4.35. The molecule has 0 radical (unpaired) electrons. The Kier molecular flexibility index (Phi) is 7.20. The van der Waals surface area contributed by atoms with E-state index in [1.165, 1.54) is 0 Å². The van der Waals surface area contributed by atoms with Crippen molar-refractivity contribution >= 4 is 11.8 Å². The molecule has 1 heterocycles. The summed E-state index contributed by atoms with van der Waals surface area (Å²) in [6.07, 6.45) is 1.20. The number of hydrogen-bond acceptors (Lipinski definition) is 3. The smallest absolute Gasteiger partial charge is 0.317 e. The summed E-state index contributed by atoms with van der Waals surface area (Å²) in [4.78, 5) is 26.7. The van der Waals surface area contributed by atoms with Crippen molar-refractivity contribution in [3.63, 3.8) is 0 Å². The molecule has 1 fully saturated rings. The highest BCUT2D eigenvalue weighted by Crippen LogP contribution is 2.25. The molecule has 1 saturated heterocycles. The van der Waals surface area contributed by atoms with Crippen molar-refractivity contribution in [1.82, 2.24) is 10.2 Å². The standard InChI is InChI=1S/C23H25F3N2O3/c1-14(10-15-4-3-5-18(11-15)31-2)27-23(30)28-8-6-16(7-9-28)22(29)21-19(25)12-17(24)13-20(21)26/h3-5,11-14,16H,6-10H2,1-2H3,(H,27,30). The molecule has 2 aromatic carbocycles. The van der Waals surface area contributed by atoms with Crippen LogP contribution in [0.2, 0.25) is 0 Å². The van der Waals surface area contributed by atoms with Crippen LogP contribution in [-0.4, -0.2) is 43.0 Å². The highest BCUT2D eigenvalue weighted by atomic mass is 19.1. The number of amides is 2. The van der Waals surface area contributed by atoms with E-state index >= 15 is 0 Å². The van der Waals surface area contributed by atoms with Gasteiger partial charge >= 0.3 is 6.03 Å². The van der Waals surface area contributed by atoms with Gasteiger partial charge in [0, 0.05) is 37.2 Å². The van der Waals surface area contributed by atoms with Crippen molar-refractivity contribution in [1.29, 1.82) is 0 Å². The van der Waals surface area contributed by atoms with E-state index < -0.39 is 34.7 Å². The molecular formula is C23H25F3N2O3. The third-order valence-corrected chi connectivity index (χ3v) is 5.45. The largest absolute Gasteiger partial charge is 0.497 e. The number of nitrogens with zero attached hydrogens (tertiary/aromatic N) is 1. The zero-order valence-electron chi connectivity index (χ0n) is 17.5. The number of Topliss-reactive ketones (excluding diaryl/α,β-unsaturated/α-hetero) is 1. The lowest BCUT2D eigenvalue weighted by Crippen LogP contribution is -2.48. The fourth-order valence-corrected chi connectivity index (χ4v) is 3.83. The molecule has 1 aliphatic rings. The Morgan fingerprint density at radius 2 is 1.77 bits per heavy atom. The third kappa shape index (κ3) is 5.57. The Labute approximate surface area is 179 Å². The number of hydrogen-bond donors (Lipinski definition) is 1. The van der Waals surface area contributed by atoms with Crippen LogP contribution in [0.3, 0.4) is 0 Å². The summed E-state index contributed by atoms with van der Waals surface area (Å²) in [6.45, 7) is 2.48. The van der Waals surface area contributed by atoms with Gasteiger partial charge in [0.2, 0.25) is 0 Å². The lowest BCUT2D eigenvalue weighted by atomic mass is 9.88. The molecule has 0 bridgehead atoms. The summed E-state index contributed by atoms with van der Waals surface area (Å²) in [5.41, 5.74) is 0.316. The van der Waals surface area contributed by atoms with E-state index in [-0.39, 0.29) is 24.9 Å². The van der Waals surface area contributed by atoms with Crippen LogP contribution in [0.25, 0.3) is 0 Å². The van der Waals surface area contributed by atoms with E-state index in [2.05, 4.69) is 5.32 Å². The second kappa shape index (κ2) is 9.85. The molecule has 31 heavy (non-hydrogen) atoms. The number of ether oxygens (including phenoxy) is 1.